The molecule has 2 aliphatic rings. The fourth-order valence-corrected chi connectivity index (χ4v) is 9.41. The number of carboxylic acid groups (broad SMARTS) is 1. The molecule has 1 aliphatic carbocycles. The van der Waals surface area contributed by atoms with Crippen LogP contribution in [0.2, 0.25) is 20.1 Å². The Hall–Kier alpha value is -5.90. The number of aldehydes is 1. The minimum atomic E-state index is -4.64. The van der Waals surface area contributed by atoms with Crippen LogP contribution in [0.3, 0.4) is 0 Å². The minimum absolute atomic E-state index is 0. The lowest BCUT2D eigenvalue weighted by Gasteiger charge is -2.17. The number of nitrogens with one attached hydrogen (secondary N) is 4. The third-order valence-electron chi connectivity index (χ3n) is 12.3. The van der Waals surface area contributed by atoms with Crippen molar-refractivity contribution < 1.29 is 51.0 Å². The van der Waals surface area contributed by atoms with E-state index in [-0.39, 0.29) is 59.6 Å². The Morgan fingerprint density at radius 1 is 0.763 bits per heavy atom. The van der Waals surface area contributed by atoms with Crippen LogP contribution in [0.25, 0.3) is 22.1 Å². The van der Waals surface area contributed by atoms with Gasteiger partial charge in [-0.2, -0.15) is 13.2 Å². The lowest BCUT2D eigenvalue weighted by atomic mass is 9.96. The molecule has 7 N–H and O–H groups in total. The van der Waals surface area contributed by atoms with Crippen molar-refractivity contribution in [3.63, 3.8) is 0 Å². The highest BCUT2D eigenvalue weighted by molar-refractivity contribution is 6.36. The minimum Gasteiger partial charge on any atom is -0.481 e. The van der Waals surface area contributed by atoms with E-state index in [2.05, 4.69) is 31.2 Å². The first-order valence-corrected chi connectivity index (χ1v) is 25.0. The largest absolute Gasteiger partial charge is 0.481 e. The monoisotopic (exact) mass is 1140 g/mol. The summed E-state index contributed by atoms with van der Waals surface area (Å²) in [5, 5.41) is 23.6. The van der Waals surface area contributed by atoms with E-state index in [1.807, 2.05) is 41.6 Å². The van der Waals surface area contributed by atoms with E-state index in [4.69, 9.17) is 62.0 Å². The number of hydrogen-bond acceptors (Lipinski definition) is 9. The number of hydrogen-bond donors (Lipinski definition) is 6. The number of amides is 3. The Balaban J connectivity index is 0.000000250. The van der Waals surface area contributed by atoms with Gasteiger partial charge in [-0.15, -0.1) is 0 Å². The standard InChI is InChI=1S/C24H26Cl2FN5O2.C13H14ClFO2.C12H15ClN4O.C2HF3O.CH4/c1-13(23(33)30-11-16-6-17-19(26)12-32(2)22(17)29-10-16)31-24(34)21-8-15(9-28-21)5-14-3-4-20(27)18(25)7-14;14-11-7-9(2-4-12(11)15)5-8-1-3-10(6-8)13(16)17;1-7(14)12(18)16-5-8-3-9-10(13)6-17(2)11(9)15-4-8;3-2(4,5)1-6;/h3-4,6-7,10,12-13,15,21,28H,5,8-9,11H2,1-2H3,(H,30,33)(H,31,34);2,4,7-8,10H,1,3,5-6H2,(H,16,17);3-4,6-7H,5,14H2,1-2H3,(H,16,18);1H;1H4/t13-,15-,21?;8-,10?;7-;;/m000../s1. The van der Waals surface area contributed by atoms with Crippen LogP contribution >= 0.6 is 46.4 Å². The summed E-state index contributed by atoms with van der Waals surface area (Å²) in [5.41, 5.74) is 10.7. The SMILES string of the molecule is C.C[C@H](N)C(=O)NCc1cnc2c(c1)c(Cl)cn2C.C[C@H](NC(=O)C1C[C@H](Cc2ccc(F)c(Cl)c2)CN1)C(=O)NCc1cnc2c(c1)c(Cl)cn2C.O=C(O)C1CC[C@@H](Cc2ccc(F)c(Cl)c2)C1.O=CC(F)(F)F. The maximum atomic E-state index is 13.4. The summed E-state index contributed by atoms with van der Waals surface area (Å²) in [6.45, 7) is 4.62. The number of aromatic nitrogens is 4. The van der Waals surface area contributed by atoms with E-state index < -0.39 is 42.1 Å². The number of nitrogens with zero attached hydrogens (tertiary/aromatic N) is 4. The van der Waals surface area contributed by atoms with Gasteiger partial charge in [-0.1, -0.05) is 66.0 Å². The number of nitrogens with two attached hydrogens (primary N) is 1. The molecule has 3 amide bonds. The van der Waals surface area contributed by atoms with Gasteiger partial charge in [0.05, 0.1) is 38.1 Å². The van der Waals surface area contributed by atoms with Crippen LogP contribution in [0.5, 0.6) is 0 Å². The Kier molecular flexibility index (Phi) is 23.5. The second-order valence-corrected chi connectivity index (χ2v) is 20.0. The predicted octanol–water partition coefficient (Wildman–Crippen LogP) is 9.46. The molecule has 0 radical (unpaired) electrons. The summed E-state index contributed by atoms with van der Waals surface area (Å²) in [6, 6.07) is 11.6. The van der Waals surface area contributed by atoms with E-state index in [1.165, 1.54) is 12.1 Å². The van der Waals surface area contributed by atoms with Gasteiger partial charge in [-0.3, -0.25) is 24.0 Å². The Labute approximate surface area is 456 Å². The van der Waals surface area contributed by atoms with Gasteiger partial charge in [-0.05, 0) is 129 Å². The number of carboxylic acids is 1. The highest BCUT2D eigenvalue weighted by Gasteiger charge is 2.32. The van der Waals surface area contributed by atoms with Crippen LogP contribution in [0.1, 0.15) is 69.2 Å². The number of carbonyl (C=O) groups excluding carboxylic acids is 4. The highest BCUT2D eigenvalue weighted by atomic mass is 35.5. The number of benzene rings is 2. The van der Waals surface area contributed by atoms with Gasteiger partial charge in [0.15, 0.2) is 0 Å². The fourth-order valence-electron chi connectivity index (χ4n) is 8.43. The van der Waals surface area contributed by atoms with Crippen molar-refractivity contribution in [2.24, 2.45) is 37.6 Å². The van der Waals surface area contributed by atoms with E-state index in [0.717, 1.165) is 63.6 Å². The summed E-state index contributed by atoms with van der Waals surface area (Å²) in [7, 11) is 3.76. The van der Waals surface area contributed by atoms with Crippen molar-refractivity contribution in [3.8, 4) is 0 Å². The van der Waals surface area contributed by atoms with Gasteiger partial charge in [0.1, 0.15) is 29.0 Å². The van der Waals surface area contributed by atoms with Crippen molar-refractivity contribution in [2.45, 2.75) is 97.2 Å². The zero-order valence-electron chi connectivity index (χ0n) is 41.1. The van der Waals surface area contributed by atoms with Crippen LogP contribution in [0, 0.1) is 29.4 Å². The maximum absolute atomic E-state index is 13.4. The Morgan fingerprint density at radius 3 is 1.67 bits per heavy atom. The van der Waals surface area contributed by atoms with Gasteiger partial charge >= 0.3 is 12.1 Å². The Bertz CT molecular complexity index is 2990. The fraction of sp³-hybridized carbons (Fsp3) is 0.404. The van der Waals surface area contributed by atoms with E-state index in [1.54, 1.807) is 56.7 Å². The second-order valence-electron chi connectivity index (χ2n) is 18.4. The van der Waals surface area contributed by atoms with Crippen molar-refractivity contribution in [3.05, 3.63) is 127 Å². The molecular weight excluding hydrogens is 1080 g/mol. The van der Waals surface area contributed by atoms with Gasteiger partial charge in [0.2, 0.25) is 24.0 Å². The molecule has 8 rings (SSSR count). The summed E-state index contributed by atoms with van der Waals surface area (Å²) >= 11 is 23.9. The second kappa shape index (κ2) is 28.5. The van der Waals surface area contributed by atoms with Gasteiger partial charge < -0.3 is 41.2 Å². The summed E-state index contributed by atoms with van der Waals surface area (Å²) in [6.07, 6.45) is 5.79. The number of rotatable bonds is 13. The average Bonchev–Trinajstić information content (AvgIpc) is 4.16. The zero-order valence-corrected chi connectivity index (χ0v) is 44.1. The molecule has 15 nitrogen and oxygen atoms in total. The molecule has 2 unspecified atom stereocenters. The molecule has 24 heteroatoms. The molecule has 6 aromatic rings. The molecule has 412 valence electrons. The summed E-state index contributed by atoms with van der Waals surface area (Å²) < 4.78 is 61.3. The highest BCUT2D eigenvalue weighted by Crippen LogP contribution is 2.34. The molecule has 1 saturated carbocycles. The Morgan fingerprint density at radius 2 is 1.24 bits per heavy atom. The lowest BCUT2D eigenvalue weighted by Crippen LogP contribution is -2.49. The lowest BCUT2D eigenvalue weighted by molar-refractivity contribution is -0.156. The topological polar surface area (TPSA) is 215 Å². The molecule has 76 heavy (non-hydrogen) atoms. The third-order valence-corrected chi connectivity index (χ3v) is 13.5. The van der Waals surface area contributed by atoms with E-state index >= 15 is 0 Å². The van der Waals surface area contributed by atoms with Crippen molar-refractivity contribution in [1.29, 1.82) is 0 Å². The number of fused-ring (bicyclic) bond motifs is 2. The molecule has 5 heterocycles. The summed E-state index contributed by atoms with van der Waals surface area (Å²) in [5.74, 6) is -1.88. The van der Waals surface area contributed by atoms with Crippen LogP contribution < -0.4 is 27.0 Å². The number of halogens is 9. The molecule has 2 aromatic carbocycles. The van der Waals surface area contributed by atoms with Gasteiger partial charge in [-0.25, -0.2) is 18.7 Å². The van der Waals surface area contributed by atoms with Crippen molar-refractivity contribution >= 4 is 98.4 Å². The number of pyridine rings is 2. The average molecular weight is 1140 g/mol. The maximum Gasteiger partial charge on any atom is 0.446 e. The van der Waals surface area contributed by atoms with Crippen molar-refractivity contribution in [1.82, 2.24) is 40.4 Å². The molecule has 1 aliphatic heterocycles. The van der Waals surface area contributed by atoms with Crippen LogP contribution in [0.4, 0.5) is 22.0 Å². The van der Waals surface area contributed by atoms with Crippen LogP contribution in [-0.4, -0.2) is 85.0 Å². The van der Waals surface area contributed by atoms with Gasteiger partial charge in [0, 0.05) is 62.7 Å². The zero-order chi connectivity index (χ0) is 55.3. The first kappa shape index (κ1) is 62.6. The van der Waals surface area contributed by atoms with Gasteiger partial charge in [0.25, 0.3) is 0 Å². The molecule has 4 aromatic heterocycles. The first-order valence-electron chi connectivity index (χ1n) is 23.5. The molecule has 0 spiro atoms. The number of carbonyl (C=O) groups is 5. The van der Waals surface area contributed by atoms with E-state index in [0.29, 0.717) is 48.3 Å². The molecule has 0 bridgehead atoms. The van der Waals surface area contributed by atoms with Crippen LogP contribution in [-0.2, 0) is 64.0 Å². The predicted molar refractivity (Wildman–Crippen MR) is 284 cm³/mol. The third kappa shape index (κ3) is 18.4. The normalized spacial score (nSPS) is 17.6. The molecule has 1 saturated heterocycles. The number of alkyl halides is 3. The van der Waals surface area contributed by atoms with E-state index in [9.17, 15) is 41.1 Å². The molecule has 2 fully saturated rings. The van der Waals surface area contributed by atoms with Crippen molar-refractivity contribution in [2.75, 3.05) is 6.54 Å². The quantitative estimate of drug-likeness (QED) is 0.0476. The summed E-state index contributed by atoms with van der Waals surface area (Å²) in [4.78, 5) is 64.8. The van der Waals surface area contributed by atoms with Crippen LogP contribution in [0.15, 0.2) is 73.3 Å². The molecular formula is C52H60Cl4F5N9O6. The number of aryl methyl sites for hydroxylation is 2. The number of aliphatic carboxylic acids is 1. The first-order chi connectivity index (χ1) is 35.3. The molecule has 6 atom stereocenters. The smallest absolute Gasteiger partial charge is 0.446 e.